The van der Waals surface area contributed by atoms with Gasteiger partial charge in [-0.3, -0.25) is 14.3 Å². The molecule has 1 heterocycles. The Bertz CT molecular complexity index is 489. The number of aryl methyl sites for hydroxylation is 1. The van der Waals surface area contributed by atoms with Gasteiger partial charge in [0, 0.05) is 24.2 Å². The van der Waals surface area contributed by atoms with Gasteiger partial charge in [-0.25, -0.2) is 4.79 Å². The van der Waals surface area contributed by atoms with Crippen molar-refractivity contribution in [2.45, 2.75) is 20.4 Å². The van der Waals surface area contributed by atoms with E-state index in [4.69, 9.17) is 18.0 Å². The Morgan fingerprint density at radius 3 is 2.80 bits per heavy atom. The summed E-state index contributed by atoms with van der Waals surface area (Å²) < 4.78 is 1.40. The van der Waals surface area contributed by atoms with Gasteiger partial charge in [0.1, 0.15) is 0 Å². The van der Waals surface area contributed by atoms with E-state index < -0.39 is 5.69 Å². The molecule has 5 nitrogen and oxygen atoms in total. The molecule has 1 atom stereocenters. The number of hydrogen-bond donors (Lipinski definition) is 2. The van der Waals surface area contributed by atoms with E-state index in [-0.39, 0.29) is 11.5 Å². The number of hydrogen-bond acceptors (Lipinski definition) is 3. The summed E-state index contributed by atoms with van der Waals surface area (Å²) in [6.45, 7) is 3.85. The van der Waals surface area contributed by atoms with Crippen molar-refractivity contribution in [3.05, 3.63) is 32.6 Å². The third kappa shape index (κ3) is 2.76. The molecule has 1 rings (SSSR count). The molecule has 6 heteroatoms. The second-order valence-corrected chi connectivity index (χ2v) is 4.00. The molecule has 0 spiro atoms. The minimum atomic E-state index is -0.436. The quantitative estimate of drug-likeness (QED) is 0.699. The van der Waals surface area contributed by atoms with Crippen LogP contribution >= 0.6 is 12.2 Å². The molecule has 3 N–H and O–H groups in total. The van der Waals surface area contributed by atoms with Crippen LogP contribution in [0.5, 0.6) is 0 Å². The van der Waals surface area contributed by atoms with Crippen LogP contribution in [-0.4, -0.2) is 14.5 Å². The number of nitrogens with two attached hydrogens (primary N) is 1. The van der Waals surface area contributed by atoms with Crippen molar-refractivity contribution < 1.29 is 0 Å². The molecule has 1 aromatic rings. The molecule has 15 heavy (non-hydrogen) atoms. The van der Waals surface area contributed by atoms with Crippen molar-refractivity contribution in [3.8, 4) is 0 Å². The normalized spacial score (nSPS) is 12.4. The molecule has 0 aromatic carbocycles. The topological polar surface area (TPSA) is 80.9 Å². The number of nitrogens with one attached hydrogen (secondary N) is 1. The van der Waals surface area contributed by atoms with E-state index in [1.807, 2.05) is 6.92 Å². The average Bonchev–Trinajstić information content (AvgIpc) is 2.13. The van der Waals surface area contributed by atoms with E-state index in [2.05, 4.69) is 4.98 Å². The summed E-state index contributed by atoms with van der Waals surface area (Å²) >= 11 is 4.81. The van der Waals surface area contributed by atoms with E-state index in [1.54, 1.807) is 6.92 Å². The van der Waals surface area contributed by atoms with E-state index in [1.165, 1.54) is 10.8 Å². The Hall–Kier alpha value is -1.43. The first kappa shape index (κ1) is 11.6. The summed E-state index contributed by atoms with van der Waals surface area (Å²) in [7, 11) is 0. The number of H-pyrrole nitrogens is 1. The zero-order chi connectivity index (χ0) is 11.6. The van der Waals surface area contributed by atoms with Gasteiger partial charge in [0.25, 0.3) is 5.56 Å². The lowest BCUT2D eigenvalue weighted by Crippen LogP contribution is -2.34. The summed E-state index contributed by atoms with van der Waals surface area (Å²) in [5, 5.41) is 0. The maximum Gasteiger partial charge on any atom is 0.328 e. The van der Waals surface area contributed by atoms with Gasteiger partial charge in [0.15, 0.2) is 0 Å². The highest BCUT2D eigenvalue weighted by molar-refractivity contribution is 7.80. The van der Waals surface area contributed by atoms with Crippen LogP contribution in [0.1, 0.15) is 12.5 Å². The third-order valence-electron chi connectivity index (χ3n) is 2.15. The van der Waals surface area contributed by atoms with Crippen LogP contribution in [0.25, 0.3) is 0 Å². The first-order valence-electron chi connectivity index (χ1n) is 4.51. The molecule has 0 aliphatic rings. The summed E-state index contributed by atoms with van der Waals surface area (Å²) in [6.07, 6.45) is 1.51. The molecule has 0 saturated heterocycles. The molecule has 0 saturated carbocycles. The number of rotatable bonds is 3. The monoisotopic (exact) mass is 227 g/mol. The van der Waals surface area contributed by atoms with Gasteiger partial charge in [-0.1, -0.05) is 19.1 Å². The van der Waals surface area contributed by atoms with Crippen molar-refractivity contribution in [1.29, 1.82) is 0 Å². The van der Waals surface area contributed by atoms with Crippen LogP contribution in [0.4, 0.5) is 0 Å². The van der Waals surface area contributed by atoms with E-state index >= 15 is 0 Å². The molecule has 0 fully saturated rings. The third-order valence-corrected chi connectivity index (χ3v) is 2.55. The van der Waals surface area contributed by atoms with Crippen molar-refractivity contribution in [2.24, 2.45) is 11.7 Å². The number of aromatic nitrogens is 2. The number of nitrogens with zero attached hydrogens (tertiary/aromatic N) is 1. The van der Waals surface area contributed by atoms with Crippen LogP contribution in [-0.2, 0) is 6.54 Å². The minimum Gasteiger partial charge on any atom is -0.393 e. The maximum absolute atomic E-state index is 11.4. The van der Waals surface area contributed by atoms with Gasteiger partial charge in [-0.05, 0) is 6.92 Å². The average molecular weight is 227 g/mol. The Morgan fingerprint density at radius 2 is 2.27 bits per heavy atom. The molecule has 1 unspecified atom stereocenters. The highest BCUT2D eigenvalue weighted by Crippen LogP contribution is 1.98. The molecule has 0 radical (unpaired) electrons. The zero-order valence-corrected chi connectivity index (χ0v) is 9.43. The molecular formula is C9H13N3O2S. The Labute approximate surface area is 91.9 Å². The Balaban J connectivity index is 3.06. The fourth-order valence-electron chi connectivity index (χ4n) is 1.14. The summed E-state index contributed by atoms with van der Waals surface area (Å²) in [5.41, 5.74) is 5.14. The predicted octanol–water partition coefficient (Wildman–Crippen LogP) is -0.233. The van der Waals surface area contributed by atoms with Gasteiger partial charge < -0.3 is 5.73 Å². The second-order valence-electron chi connectivity index (χ2n) is 3.53. The molecule has 1 aromatic heterocycles. The zero-order valence-electron chi connectivity index (χ0n) is 8.61. The van der Waals surface area contributed by atoms with Gasteiger partial charge in [0.2, 0.25) is 0 Å². The Kier molecular flexibility index (Phi) is 3.41. The predicted molar refractivity (Wildman–Crippen MR) is 62.0 cm³/mol. The van der Waals surface area contributed by atoms with Gasteiger partial charge in [0.05, 0.1) is 4.99 Å². The maximum atomic E-state index is 11.4. The van der Waals surface area contributed by atoms with Gasteiger partial charge >= 0.3 is 5.69 Å². The lowest BCUT2D eigenvalue weighted by Gasteiger charge is -2.11. The fourth-order valence-corrected chi connectivity index (χ4v) is 1.21. The highest BCUT2D eigenvalue weighted by Gasteiger charge is 2.08. The molecule has 0 amide bonds. The molecule has 0 aliphatic heterocycles. The molecule has 0 bridgehead atoms. The fraction of sp³-hybridized carbons (Fsp3) is 0.444. The number of thiocarbonyl (C=S) groups is 1. The van der Waals surface area contributed by atoms with Gasteiger partial charge in [-0.2, -0.15) is 0 Å². The summed E-state index contributed by atoms with van der Waals surface area (Å²) in [5.74, 6) is -0.0806. The Morgan fingerprint density at radius 1 is 1.67 bits per heavy atom. The van der Waals surface area contributed by atoms with E-state index in [0.717, 1.165) is 0 Å². The van der Waals surface area contributed by atoms with E-state index in [0.29, 0.717) is 17.1 Å². The summed E-state index contributed by atoms with van der Waals surface area (Å²) in [6, 6.07) is 0. The number of aromatic amines is 1. The first-order valence-corrected chi connectivity index (χ1v) is 4.92. The second kappa shape index (κ2) is 4.39. The molecule has 0 aliphatic carbocycles. The van der Waals surface area contributed by atoms with Crippen molar-refractivity contribution in [3.63, 3.8) is 0 Å². The standard InChI is InChI=1S/C9H13N3O2S/c1-5(7(10)15)3-12-4-6(2)8(13)11-9(12)14/h4-5H,3H2,1-2H3,(H2,10,15)(H,11,13,14). The van der Waals surface area contributed by atoms with Gasteiger partial charge in [-0.15, -0.1) is 0 Å². The van der Waals surface area contributed by atoms with Crippen molar-refractivity contribution in [2.75, 3.05) is 0 Å². The van der Waals surface area contributed by atoms with Crippen LogP contribution in [0.2, 0.25) is 0 Å². The molecule has 82 valence electrons. The highest BCUT2D eigenvalue weighted by atomic mass is 32.1. The van der Waals surface area contributed by atoms with Crippen LogP contribution in [0.3, 0.4) is 0 Å². The van der Waals surface area contributed by atoms with E-state index in [9.17, 15) is 9.59 Å². The van der Waals surface area contributed by atoms with Crippen LogP contribution in [0, 0.1) is 12.8 Å². The first-order chi connectivity index (χ1) is 6.91. The SMILES string of the molecule is Cc1cn(CC(C)C(N)=S)c(=O)[nH]c1=O. The van der Waals surface area contributed by atoms with Crippen molar-refractivity contribution >= 4 is 17.2 Å². The van der Waals surface area contributed by atoms with Crippen LogP contribution < -0.4 is 17.0 Å². The minimum absolute atomic E-state index is 0.0806. The summed E-state index contributed by atoms with van der Waals surface area (Å²) in [4.78, 5) is 25.0. The lowest BCUT2D eigenvalue weighted by molar-refractivity contribution is 0.564. The smallest absolute Gasteiger partial charge is 0.328 e. The van der Waals surface area contributed by atoms with Crippen LogP contribution in [0.15, 0.2) is 15.8 Å². The van der Waals surface area contributed by atoms with Crippen molar-refractivity contribution in [1.82, 2.24) is 9.55 Å². The largest absolute Gasteiger partial charge is 0.393 e. The molecular weight excluding hydrogens is 214 g/mol. The lowest BCUT2D eigenvalue weighted by atomic mass is 10.2.